The summed E-state index contributed by atoms with van der Waals surface area (Å²) in [6.45, 7) is 15.0. The summed E-state index contributed by atoms with van der Waals surface area (Å²) < 4.78 is 0. The highest BCUT2D eigenvalue weighted by molar-refractivity contribution is 4.86. The molecule has 0 aromatic rings. The number of rotatable bonds is 3. The van der Waals surface area contributed by atoms with Crippen LogP contribution in [0.5, 0.6) is 0 Å². The summed E-state index contributed by atoms with van der Waals surface area (Å²) in [6.07, 6.45) is 2.72. The fourth-order valence-electron chi connectivity index (χ4n) is 2.16. The number of piperidine rings is 1. The lowest BCUT2D eigenvalue weighted by Crippen LogP contribution is -2.47. The van der Waals surface area contributed by atoms with E-state index in [0.29, 0.717) is 5.41 Å². The van der Waals surface area contributed by atoms with Crippen molar-refractivity contribution < 1.29 is 0 Å². The van der Waals surface area contributed by atoms with Crippen molar-refractivity contribution >= 4 is 0 Å². The Morgan fingerprint density at radius 1 is 1.20 bits per heavy atom. The van der Waals surface area contributed by atoms with Crippen LogP contribution < -0.4 is 10.6 Å². The van der Waals surface area contributed by atoms with E-state index in [1.165, 1.54) is 25.9 Å². The first-order valence-electron chi connectivity index (χ1n) is 6.27. The van der Waals surface area contributed by atoms with Crippen LogP contribution in [0.1, 0.15) is 47.5 Å². The SMILES string of the molecule is CC(C)(C)NCC(C)(C)C1CCCNC1. The summed E-state index contributed by atoms with van der Waals surface area (Å²) in [5, 5.41) is 7.14. The van der Waals surface area contributed by atoms with Crippen LogP contribution in [0.25, 0.3) is 0 Å². The molecule has 1 rings (SSSR count). The molecule has 1 heterocycles. The van der Waals surface area contributed by atoms with Crippen molar-refractivity contribution in [2.75, 3.05) is 19.6 Å². The lowest BCUT2D eigenvalue weighted by Gasteiger charge is -2.39. The highest BCUT2D eigenvalue weighted by Crippen LogP contribution is 2.31. The molecule has 0 spiro atoms. The van der Waals surface area contributed by atoms with Crippen LogP contribution in [0, 0.1) is 11.3 Å². The monoisotopic (exact) mass is 212 g/mol. The zero-order chi connectivity index (χ0) is 11.5. The van der Waals surface area contributed by atoms with E-state index in [4.69, 9.17) is 0 Å². The van der Waals surface area contributed by atoms with Gasteiger partial charge in [-0.05, 0) is 58.0 Å². The minimum Gasteiger partial charge on any atom is -0.316 e. The van der Waals surface area contributed by atoms with Crippen LogP contribution >= 0.6 is 0 Å². The van der Waals surface area contributed by atoms with E-state index in [1.54, 1.807) is 0 Å². The van der Waals surface area contributed by atoms with Crippen LogP contribution in [0.2, 0.25) is 0 Å². The summed E-state index contributed by atoms with van der Waals surface area (Å²) >= 11 is 0. The molecular weight excluding hydrogens is 184 g/mol. The Morgan fingerprint density at radius 2 is 1.87 bits per heavy atom. The molecule has 0 amide bonds. The van der Waals surface area contributed by atoms with E-state index in [0.717, 1.165) is 12.5 Å². The molecule has 1 saturated heterocycles. The van der Waals surface area contributed by atoms with Crippen molar-refractivity contribution in [1.82, 2.24) is 10.6 Å². The Bertz CT molecular complexity index is 185. The Hall–Kier alpha value is -0.0800. The van der Waals surface area contributed by atoms with Crippen molar-refractivity contribution in [3.8, 4) is 0 Å². The van der Waals surface area contributed by atoms with E-state index in [9.17, 15) is 0 Å². The van der Waals surface area contributed by atoms with Gasteiger partial charge in [0.15, 0.2) is 0 Å². The van der Waals surface area contributed by atoms with Gasteiger partial charge in [0.25, 0.3) is 0 Å². The number of nitrogens with one attached hydrogen (secondary N) is 2. The number of hydrogen-bond donors (Lipinski definition) is 2. The third-order valence-electron chi connectivity index (χ3n) is 3.48. The maximum atomic E-state index is 3.63. The van der Waals surface area contributed by atoms with E-state index >= 15 is 0 Å². The van der Waals surface area contributed by atoms with Crippen molar-refractivity contribution in [2.24, 2.45) is 11.3 Å². The average molecular weight is 212 g/mol. The fourth-order valence-corrected chi connectivity index (χ4v) is 2.16. The third kappa shape index (κ3) is 4.52. The molecule has 2 heteroatoms. The molecule has 0 aromatic carbocycles. The van der Waals surface area contributed by atoms with Crippen molar-refractivity contribution in [2.45, 2.75) is 53.0 Å². The first-order chi connectivity index (χ1) is 6.81. The molecular formula is C13H28N2. The molecule has 1 fully saturated rings. The van der Waals surface area contributed by atoms with Crippen LogP contribution in [-0.2, 0) is 0 Å². The zero-order valence-electron chi connectivity index (χ0n) is 11.1. The van der Waals surface area contributed by atoms with Gasteiger partial charge < -0.3 is 10.6 Å². The van der Waals surface area contributed by atoms with Gasteiger partial charge in [0.2, 0.25) is 0 Å². The molecule has 0 aromatic heterocycles. The van der Waals surface area contributed by atoms with Gasteiger partial charge in [0.1, 0.15) is 0 Å². The van der Waals surface area contributed by atoms with Crippen LogP contribution in [0.15, 0.2) is 0 Å². The molecule has 1 aliphatic rings. The van der Waals surface area contributed by atoms with E-state index in [2.05, 4.69) is 45.3 Å². The average Bonchev–Trinajstić information content (AvgIpc) is 2.16. The first kappa shape index (κ1) is 13.0. The van der Waals surface area contributed by atoms with Crippen molar-refractivity contribution in [3.63, 3.8) is 0 Å². The summed E-state index contributed by atoms with van der Waals surface area (Å²) in [5.74, 6) is 0.820. The molecule has 1 unspecified atom stereocenters. The van der Waals surface area contributed by atoms with Crippen LogP contribution in [0.4, 0.5) is 0 Å². The Balaban J connectivity index is 2.42. The molecule has 90 valence electrons. The Labute approximate surface area is 95.2 Å². The van der Waals surface area contributed by atoms with Crippen LogP contribution in [0.3, 0.4) is 0 Å². The van der Waals surface area contributed by atoms with Crippen LogP contribution in [-0.4, -0.2) is 25.2 Å². The molecule has 0 radical (unpaired) electrons. The summed E-state index contributed by atoms with van der Waals surface area (Å²) in [7, 11) is 0. The molecule has 0 aliphatic carbocycles. The predicted molar refractivity (Wildman–Crippen MR) is 67.1 cm³/mol. The molecule has 2 nitrogen and oxygen atoms in total. The maximum absolute atomic E-state index is 3.63. The second-order valence-corrected chi connectivity index (χ2v) is 6.64. The van der Waals surface area contributed by atoms with Crippen molar-refractivity contribution in [3.05, 3.63) is 0 Å². The Morgan fingerprint density at radius 3 is 2.33 bits per heavy atom. The third-order valence-corrected chi connectivity index (χ3v) is 3.48. The maximum Gasteiger partial charge on any atom is 0.00967 e. The van der Waals surface area contributed by atoms with Gasteiger partial charge in [-0.3, -0.25) is 0 Å². The Kier molecular flexibility index (Phi) is 4.19. The lowest BCUT2D eigenvalue weighted by atomic mass is 9.74. The zero-order valence-corrected chi connectivity index (χ0v) is 11.1. The molecule has 0 saturated carbocycles. The van der Waals surface area contributed by atoms with Gasteiger partial charge in [-0.1, -0.05) is 13.8 Å². The van der Waals surface area contributed by atoms with E-state index in [1.807, 2.05) is 0 Å². The minimum atomic E-state index is 0.235. The van der Waals surface area contributed by atoms with E-state index < -0.39 is 0 Å². The van der Waals surface area contributed by atoms with Gasteiger partial charge in [-0.2, -0.15) is 0 Å². The molecule has 2 N–H and O–H groups in total. The molecule has 1 aliphatic heterocycles. The smallest absolute Gasteiger partial charge is 0.00967 e. The lowest BCUT2D eigenvalue weighted by molar-refractivity contribution is 0.154. The normalized spacial score (nSPS) is 24.2. The van der Waals surface area contributed by atoms with Gasteiger partial charge in [0, 0.05) is 12.1 Å². The van der Waals surface area contributed by atoms with Gasteiger partial charge in [-0.15, -0.1) is 0 Å². The topological polar surface area (TPSA) is 24.1 Å². The standard InChI is InChI=1S/C13H28N2/c1-12(2,3)15-10-13(4,5)11-7-6-8-14-9-11/h11,14-15H,6-10H2,1-5H3. The largest absolute Gasteiger partial charge is 0.316 e. The fraction of sp³-hybridized carbons (Fsp3) is 1.00. The van der Waals surface area contributed by atoms with Gasteiger partial charge in [-0.25, -0.2) is 0 Å². The quantitative estimate of drug-likeness (QED) is 0.750. The van der Waals surface area contributed by atoms with Crippen molar-refractivity contribution in [1.29, 1.82) is 0 Å². The highest BCUT2D eigenvalue weighted by Gasteiger charge is 2.31. The summed E-state index contributed by atoms with van der Waals surface area (Å²) in [5.41, 5.74) is 0.639. The second-order valence-electron chi connectivity index (χ2n) is 6.64. The predicted octanol–water partition coefficient (Wildman–Crippen LogP) is 2.40. The molecule has 0 bridgehead atoms. The van der Waals surface area contributed by atoms with Gasteiger partial charge in [0.05, 0.1) is 0 Å². The summed E-state index contributed by atoms with van der Waals surface area (Å²) in [6, 6.07) is 0. The van der Waals surface area contributed by atoms with Gasteiger partial charge >= 0.3 is 0 Å². The van der Waals surface area contributed by atoms with E-state index in [-0.39, 0.29) is 5.54 Å². The summed E-state index contributed by atoms with van der Waals surface area (Å²) in [4.78, 5) is 0. The minimum absolute atomic E-state index is 0.235. The highest BCUT2D eigenvalue weighted by atomic mass is 15.0. The first-order valence-corrected chi connectivity index (χ1v) is 6.27. The molecule has 1 atom stereocenters. The molecule has 15 heavy (non-hydrogen) atoms. The number of hydrogen-bond acceptors (Lipinski definition) is 2. The second kappa shape index (κ2) is 4.84.